The SMILES string of the molecule is COc1cc(NCc2ccc3nc(N)nc(N)c3c2C)cc(OC)c1OC.Cc1ccncn1. The molecule has 0 saturated heterocycles. The van der Waals surface area contributed by atoms with E-state index in [0.29, 0.717) is 29.6 Å². The Labute approximate surface area is 198 Å². The second-order valence-electron chi connectivity index (χ2n) is 7.33. The predicted molar refractivity (Wildman–Crippen MR) is 133 cm³/mol. The highest BCUT2D eigenvalue weighted by Crippen LogP contribution is 2.40. The molecule has 2 aromatic carbocycles. The van der Waals surface area contributed by atoms with Gasteiger partial charge >= 0.3 is 0 Å². The van der Waals surface area contributed by atoms with E-state index in [9.17, 15) is 0 Å². The number of nitrogen functional groups attached to an aromatic ring is 2. The van der Waals surface area contributed by atoms with Crippen LogP contribution in [0.15, 0.2) is 42.9 Å². The van der Waals surface area contributed by atoms with Gasteiger partial charge in [-0.1, -0.05) is 6.07 Å². The van der Waals surface area contributed by atoms with Gasteiger partial charge < -0.3 is 31.0 Å². The third kappa shape index (κ3) is 5.52. The van der Waals surface area contributed by atoms with E-state index in [0.717, 1.165) is 33.4 Å². The minimum atomic E-state index is 0.169. The van der Waals surface area contributed by atoms with E-state index in [1.807, 2.05) is 44.2 Å². The number of ether oxygens (including phenoxy) is 3. The molecule has 10 heteroatoms. The Morgan fingerprint density at radius 2 is 1.62 bits per heavy atom. The van der Waals surface area contributed by atoms with Crippen molar-refractivity contribution in [3.63, 3.8) is 0 Å². The number of fused-ring (bicyclic) bond motifs is 1. The topological polar surface area (TPSA) is 143 Å². The fourth-order valence-corrected chi connectivity index (χ4v) is 3.41. The predicted octanol–water partition coefficient (Wildman–Crippen LogP) is 3.53. The third-order valence-corrected chi connectivity index (χ3v) is 5.16. The van der Waals surface area contributed by atoms with Gasteiger partial charge in [-0.2, -0.15) is 4.98 Å². The molecule has 0 unspecified atom stereocenters. The molecular weight excluding hydrogens is 434 g/mol. The molecular formula is C24H29N7O3. The summed E-state index contributed by atoms with van der Waals surface area (Å²) in [7, 11) is 4.75. The maximum atomic E-state index is 6.04. The lowest BCUT2D eigenvalue weighted by molar-refractivity contribution is 0.324. The highest BCUT2D eigenvalue weighted by molar-refractivity contribution is 5.92. The molecule has 0 radical (unpaired) electrons. The summed E-state index contributed by atoms with van der Waals surface area (Å²) < 4.78 is 16.1. The molecule has 2 heterocycles. The van der Waals surface area contributed by atoms with Crippen molar-refractivity contribution in [3.05, 3.63) is 59.7 Å². The Morgan fingerprint density at radius 3 is 2.15 bits per heavy atom. The van der Waals surface area contributed by atoms with Gasteiger partial charge in [0, 0.05) is 41.6 Å². The van der Waals surface area contributed by atoms with Crippen LogP contribution in [0.5, 0.6) is 17.2 Å². The van der Waals surface area contributed by atoms with Crippen molar-refractivity contribution in [1.29, 1.82) is 0 Å². The highest BCUT2D eigenvalue weighted by Gasteiger charge is 2.14. The van der Waals surface area contributed by atoms with Crippen LogP contribution < -0.4 is 31.0 Å². The van der Waals surface area contributed by atoms with E-state index < -0.39 is 0 Å². The summed E-state index contributed by atoms with van der Waals surface area (Å²) in [5.41, 5.74) is 16.4. The maximum absolute atomic E-state index is 6.04. The largest absolute Gasteiger partial charge is 0.493 e. The van der Waals surface area contributed by atoms with Crippen molar-refractivity contribution in [1.82, 2.24) is 19.9 Å². The standard InChI is InChI=1S/C19H23N5O3.C5H6N2/c1-10-11(5-6-13-16(10)18(20)24-19(21)23-13)9-22-12-7-14(25-2)17(27-4)15(8-12)26-3;1-5-2-3-6-4-7-5/h5-8,22H,9H2,1-4H3,(H4,20,21,23,24);2-4H,1H3. The molecule has 10 nitrogen and oxygen atoms in total. The molecule has 0 saturated carbocycles. The Morgan fingerprint density at radius 1 is 0.912 bits per heavy atom. The monoisotopic (exact) mass is 463 g/mol. The molecule has 4 aromatic rings. The lowest BCUT2D eigenvalue weighted by atomic mass is 10.0. The van der Waals surface area contributed by atoms with Gasteiger partial charge in [0.1, 0.15) is 12.1 Å². The van der Waals surface area contributed by atoms with Gasteiger partial charge in [0.15, 0.2) is 11.5 Å². The van der Waals surface area contributed by atoms with Gasteiger partial charge in [0.05, 0.1) is 26.8 Å². The smallest absolute Gasteiger partial charge is 0.222 e. The van der Waals surface area contributed by atoms with Crippen LogP contribution in [0.2, 0.25) is 0 Å². The molecule has 4 rings (SSSR count). The van der Waals surface area contributed by atoms with Crippen molar-refractivity contribution in [2.75, 3.05) is 38.1 Å². The summed E-state index contributed by atoms with van der Waals surface area (Å²) >= 11 is 0. The van der Waals surface area contributed by atoms with Crippen molar-refractivity contribution in [2.45, 2.75) is 20.4 Å². The number of nitrogens with zero attached hydrogens (tertiary/aromatic N) is 4. The molecule has 5 N–H and O–H groups in total. The minimum absolute atomic E-state index is 0.169. The molecule has 0 amide bonds. The van der Waals surface area contributed by atoms with Crippen LogP contribution in [0.1, 0.15) is 16.8 Å². The summed E-state index contributed by atoms with van der Waals surface area (Å²) in [6.45, 7) is 4.50. The number of hydrogen-bond donors (Lipinski definition) is 3. The average Bonchev–Trinajstić information content (AvgIpc) is 2.83. The quantitative estimate of drug-likeness (QED) is 0.388. The minimum Gasteiger partial charge on any atom is -0.493 e. The number of benzene rings is 2. The number of methoxy groups -OCH3 is 3. The summed E-state index contributed by atoms with van der Waals surface area (Å²) in [5, 5.41) is 4.19. The molecule has 0 aliphatic heterocycles. The summed E-state index contributed by atoms with van der Waals surface area (Å²) in [5.74, 6) is 2.27. The number of hydrogen-bond acceptors (Lipinski definition) is 10. The molecule has 178 valence electrons. The van der Waals surface area contributed by atoms with Crippen LogP contribution in [0.4, 0.5) is 17.5 Å². The molecule has 0 aliphatic rings. The normalized spacial score (nSPS) is 10.3. The van der Waals surface area contributed by atoms with E-state index in [1.165, 1.54) is 6.33 Å². The number of aryl methyl sites for hydroxylation is 2. The molecule has 0 fully saturated rings. The number of rotatable bonds is 6. The summed E-state index contributed by atoms with van der Waals surface area (Å²) in [6.07, 6.45) is 3.26. The Kier molecular flexibility index (Phi) is 7.86. The first-order chi connectivity index (χ1) is 16.4. The maximum Gasteiger partial charge on any atom is 0.222 e. The lowest BCUT2D eigenvalue weighted by Gasteiger charge is -2.16. The zero-order valence-electron chi connectivity index (χ0n) is 19.9. The average molecular weight is 464 g/mol. The highest BCUT2D eigenvalue weighted by atomic mass is 16.5. The van der Waals surface area contributed by atoms with Crippen molar-refractivity contribution in [2.24, 2.45) is 0 Å². The molecule has 2 aromatic heterocycles. The van der Waals surface area contributed by atoms with Crippen LogP contribution in [-0.2, 0) is 6.54 Å². The Bertz CT molecular complexity index is 1240. The second-order valence-corrected chi connectivity index (χ2v) is 7.33. The molecule has 0 spiro atoms. The molecule has 0 aliphatic carbocycles. The molecule has 34 heavy (non-hydrogen) atoms. The van der Waals surface area contributed by atoms with Gasteiger partial charge in [-0.25, -0.2) is 15.0 Å². The van der Waals surface area contributed by atoms with E-state index in [4.69, 9.17) is 25.7 Å². The molecule has 0 bridgehead atoms. The Balaban J connectivity index is 0.000000396. The van der Waals surface area contributed by atoms with Crippen LogP contribution in [0.25, 0.3) is 10.9 Å². The van der Waals surface area contributed by atoms with Crippen molar-refractivity contribution in [3.8, 4) is 17.2 Å². The van der Waals surface area contributed by atoms with Crippen molar-refractivity contribution < 1.29 is 14.2 Å². The first-order valence-corrected chi connectivity index (χ1v) is 10.5. The number of anilines is 3. The fourth-order valence-electron chi connectivity index (χ4n) is 3.41. The van der Waals surface area contributed by atoms with Crippen LogP contribution in [-0.4, -0.2) is 41.3 Å². The van der Waals surface area contributed by atoms with Gasteiger partial charge in [-0.15, -0.1) is 0 Å². The first-order valence-electron chi connectivity index (χ1n) is 10.5. The van der Waals surface area contributed by atoms with Crippen molar-refractivity contribution >= 4 is 28.4 Å². The number of nitrogens with one attached hydrogen (secondary N) is 1. The summed E-state index contributed by atoms with van der Waals surface area (Å²) in [4.78, 5) is 15.9. The second kappa shape index (κ2) is 11.0. The number of nitrogens with two attached hydrogens (primary N) is 2. The summed E-state index contributed by atoms with van der Waals surface area (Å²) in [6, 6.07) is 9.46. The van der Waals surface area contributed by atoms with Gasteiger partial charge in [0.2, 0.25) is 11.7 Å². The van der Waals surface area contributed by atoms with E-state index in [2.05, 4.69) is 25.3 Å². The first kappa shape index (κ1) is 24.3. The van der Waals surface area contributed by atoms with Gasteiger partial charge in [-0.05, 0) is 37.1 Å². The van der Waals surface area contributed by atoms with Crippen LogP contribution >= 0.6 is 0 Å². The van der Waals surface area contributed by atoms with Crippen LogP contribution in [0, 0.1) is 13.8 Å². The van der Waals surface area contributed by atoms with Gasteiger partial charge in [0.25, 0.3) is 0 Å². The third-order valence-electron chi connectivity index (χ3n) is 5.16. The van der Waals surface area contributed by atoms with E-state index in [1.54, 1.807) is 27.5 Å². The molecule has 0 atom stereocenters. The van der Waals surface area contributed by atoms with Crippen LogP contribution in [0.3, 0.4) is 0 Å². The van der Waals surface area contributed by atoms with Gasteiger partial charge in [-0.3, -0.25) is 0 Å². The van der Waals surface area contributed by atoms with E-state index >= 15 is 0 Å². The lowest BCUT2D eigenvalue weighted by Crippen LogP contribution is -2.06. The Hall–Kier alpha value is -4.34. The van der Waals surface area contributed by atoms with E-state index in [-0.39, 0.29) is 5.95 Å². The fraction of sp³-hybridized carbons (Fsp3) is 0.250. The number of aromatic nitrogens is 4. The zero-order valence-corrected chi connectivity index (χ0v) is 19.9. The zero-order chi connectivity index (χ0) is 24.7.